The first-order chi connectivity index (χ1) is 14.9. The summed E-state index contributed by atoms with van der Waals surface area (Å²) in [5.41, 5.74) is 9.35. The van der Waals surface area contributed by atoms with Gasteiger partial charge >= 0.3 is 13.4 Å². The number of aryl methyl sites for hydroxylation is 1. The predicted octanol–water partition coefficient (Wildman–Crippen LogP) is 2.46. The molecule has 0 aliphatic carbocycles. The normalized spacial score (nSPS) is 27.6. The molecule has 4 atom stereocenters. The second-order valence-corrected chi connectivity index (χ2v) is 8.72. The SMILES string of the molecule is Cc1cn([C@H]2C[C@H](N=[N+]=[N-])[C@@H](COP3(=O)N=C(c4ccccc4)CO3)O2)c(=O)[nH]c1=O. The fourth-order valence-corrected chi connectivity index (χ4v) is 4.66. The lowest BCUT2D eigenvalue weighted by atomic mass is 10.1. The van der Waals surface area contributed by atoms with E-state index in [1.807, 2.05) is 30.3 Å². The zero-order valence-corrected chi connectivity index (χ0v) is 17.3. The maximum absolute atomic E-state index is 12.8. The van der Waals surface area contributed by atoms with Crippen molar-refractivity contribution in [3.05, 3.63) is 78.9 Å². The second-order valence-electron chi connectivity index (χ2n) is 7.07. The Bertz CT molecular complexity index is 1220. The van der Waals surface area contributed by atoms with Crippen molar-refractivity contribution >= 4 is 13.5 Å². The first kappa shape index (κ1) is 21.2. The van der Waals surface area contributed by atoms with Gasteiger partial charge in [0.15, 0.2) is 0 Å². The molecule has 0 radical (unpaired) electrons. The summed E-state index contributed by atoms with van der Waals surface area (Å²) in [6.45, 7) is 1.38. The fraction of sp³-hybridized carbons (Fsp3) is 0.389. The molecule has 0 amide bonds. The van der Waals surface area contributed by atoms with Gasteiger partial charge in [0, 0.05) is 23.1 Å². The highest BCUT2D eigenvalue weighted by atomic mass is 31.2. The van der Waals surface area contributed by atoms with Crippen LogP contribution < -0.4 is 11.2 Å². The van der Waals surface area contributed by atoms with Gasteiger partial charge < -0.3 is 4.74 Å². The molecule has 0 bridgehead atoms. The summed E-state index contributed by atoms with van der Waals surface area (Å²) in [7, 11) is -3.75. The molecular formula is C18H19N6O6P. The number of benzene rings is 1. The Morgan fingerprint density at radius 3 is 2.90 bits per heavy atom. The molecule has 13 heteroatoms. The minimum atomic E-state index is -3.75. The van der Waals surface area contributed by atoms with Crippen molar-refractivity contribution in [3.63, 3.8) is 0 Å². The van der Waals surface area contributed by atoms with Gasteiger partial charge in [-0.3, -0.25) is 23.4 Å². The van der Waals surface area contributed by atoms with Crippen LogP contribution in [0, 0.1) is 6.92 Å². The average Bonchev–Trinajstić information content (AvgIpc) is 3.34. The molecule has 1 unspecified atom stereocenters. The van der Waals surface area contributed by atoms with Crippen LogP contribution in [-0.2, 0) is 18.3 Å². The molecule has 1 aromatic heterocycles. The van der Waals surface area contributed by atoms with Crippen molar-refractivity contribution in [2.24, 2.45) is 9.88 Å². The van der Waals surface area contributed by atoms with Crippen LogP contribution in [0.25, 0.3) is 10.4 Å². The Hall–Kier alpha value is -3.01. The number of rotatable bonds is 6. The summed E-state index contributed by atoms with van der Waals surface area (Å²) in [5.74, 6) is 0. The molecule has 0 saturated carbocycles. The Balaban J connectivity index is 1.49. The molecule has 162 valence electrons. The summed E-state index contributed by atoms with van der Waals surface area (Å²) < 4.78 is 34.7. The topological polar surface area (TPSA) is 161 Å². The number of aromatic nitrogens is 2. The molecule has 0 spiro atoms. The molecule has 31 heavy (non-hydrogen) atoms. The van der Waals surface area contributed by atoms with Crippen molar-refractivity contribution in [2.45, 2.75) is 31.7 Å². The predicted molar refractivity (Wildman–Crippen MR) is 110 cm³/mol. The summed E-state index contributed by atoms with van der Waals surface area (Å²) in [5, 5.41) is 3.70. The van der Waals surface area contributed by atoms with Gasteiger partial charge in [0.05, 0.1) is 24.5 Å². The third kappa shape index (κ3) is 4.53. The quantitative estimate of drug-likeness (QED) is 0.310. The molecule has 4 rings (SSSR count). The number of nitrogens with zero attached hydrogens (tertiary/aromatic N) is 5. The summed E-state index contributed by atoms with van der Waals surface area (Å²) in [6, 6.07) is 8.49. The summed E-state index contributed by atoms with van der Waals surface area (Å²) in [6.07, 6.45) is -0.0278. The Morgan fingerprint density at radius 1 is 1.39 bits per heavy atom. The molecular weight excluding hydrogens is 427 g/mol. The van der Waals surface area contributed by atoms with E-state index in [2.05, 4.69) is 19.8 Å². The van der Waals surface area contributed by atoms with Gasteiger partial charge in [0.2, 0.25) is 0 Å². The number of H-pyrrole nitrogens is 1. The van der Waals surface area contributed by atoms with Crippen LogP contribution in [-0.4, -0.2) is 40.6 Å². The van der Waals surface area contributed by atoms with Gasteiger partial charge in [-0.25, -0.2) is 9.36 Å². The second kappa shape index (κ2) is 8.62. The molecule has 3 heterocycles. The zero-order chi connectivity index (χ0) is 22.0. The Morgan fingerprint density at radius 2 is 2.16 bits per heavy atom. The van der Waals surface area contributed by atoms with E-state index in [1.54, 1.807) is 6.92 Å². The van der Waals surface area contributed by atoms with Crippen molar-refractivity contribution in [3.8, 4) is 0 Å². The monoisotopic (exact) mass is 446 g/mol. The van der Waals surface area contributed by atoms with Gasteiger partial charge in [0.1, 0.15) is 12.8 Å². The number of hydrogen-bond donors (Lipinski definition) is 1. The van der Waals surface area contributed by atoms with Gasteiger partial charge in [-0.2, -0.15) is 4.76 Å². The van der Waals surface area contributed by atoms with Crippen LogP contribution in [0.5, 0.6) is 0 Å². The molecule has 12 nitrogen and oxygen atoms in total. The van der Waals surface area contributed by atoms with Crippen molar-refractivity contribution in [1.29, 1.82) is 0 Å². The van der Waals surface area contributed by atoms with Gasteiger partial charge in [-0.1, -0.05) is 35.4 Å². The molecule has 1 saturated heterocycles. The van der Waals surface area contributed by atoms with E-state index in [9.17, 15) is 14.2 Å². The van der Waals surface area contributed by atoms with Crippen LogP contribution in [0.4, 0.5) is 0 Å². The number of azide groups is 1. The molecule has 1 fully saturated rings. The van der Waals surface area contributed by atoms with Crippen LogP contribution in [0.2, 0.25) is 0 Å². The first-order valence-corrected chi connectivity index (χ1v) is 10.9. The lowest BCUT2D eigenvalue weighted by Gasteiger charge is -2.17. The Labute approximate surface area is 175 Å². The average molecular weight is 446 g/mol. The molecule has 2 aliphatic heterocycles. The van der Waals surface area contributed by atoms with E-state index < -0.39 is 37.4 Å². The molecule has 2 aliphatic rings. The van der Waals surface area contributed by atoms with E-state index in [0.717, 1.165) is 5.56 Å². The minimum absolute atomic E-state index is 0.0429. The largest absolute Gasteiger partial charge is 0.454 e. The number of nitrogens with one attached hydrogen (secondary N) is 1. The standard InChI is InChI=1S/C18H19N6O6P/c1-11-8-24(18(26)20-17(11)25)16-7-13(21-23-19)15(30-16)10-29-31(27)22-14(9-28-31)12-5-3-2-4-6-12/h2-6,8,13,15-16H,7,9-10H2,1H3,(H,20,25,26)/t13-,15+,16+,31?/m0/s1. The maximum Gasteiger partial charge on any atom is 0.454 e. The van der Waals surface area contributed by atoms with Crippen LogP contribution >= 0.6 is 7.75 Å². The third-order valence-corrected chi connectivity index (χ3v) is 6.39. The highest BCUT2D eigenvalue weighted by Crippen LogP contribution is 2.54. The van der Waals surface area contributed by atoms with Crippen LogP contribution in [0.3, 0.4) is 0 Å². The number of hydrogen-bond acceptors (Lipinski definition) is 7. The van der Waals surface area contributed by atoms with Crippen molar-refractivity contribution in [1.82, 2.24) is 9.55 Å². The van der Waals surface area contributed by atoms with E-state index in [0.29, 0.717) is 11.3 Å². The van der Waals surface area contributed by atoms with E-state index >= 15 is 0 Å². The van der Waals surface area contributed by atoms with Crippen molar-refractivity contribution < 1.29 is 18.3 Å². The highest BCUT2D eigenvalue weighted by molar-refractivity contribution is 7.53. The van der Waals surface area contributed by atoms with Gasteiger partial charge in [0.25, 0.3) is 5.56 Å². The zero-order valence-electron chi connectivity index (χ0n) is 16.5. The highest BCUT2D eigenvalue weighted by Gasteiger charge is 2.40. The van der Waals surface area contributed by atoms with E-state index in [4.69, 9.17) is 19.3 Å². The Kier molecular flexibility index (Phi) is 5.90. The lowest BCUT2D eigenvalue weighted by Crippen LogP contribution is -2.33. The van der Waals surface area contributed by atoms with Crippen LogP contribution in [0.1, 0.15) is 23.8 Å². The van der Waals surface area contributed by atoms with Crippen LogP contribution in [0.15, 0.2) is 56.0 Å². The summed E-state index contributed by atoms with van der Waals surface area (Å²) >= 11 is 0. The molecule has 2 aromatic rings. The van der Waals surface area contributed by atoms with E-state index in [-0.39, 0.29) is 19.6 Å². The lowest BCUT2D eigenvalue weighted by molar-refractivity contribution is -0.0243. The van der Waals surface area contributed by atoms with Gasteiger partial charge in [-0.05, 0) is 18.0 Å². The molecule has 1 aromatic carbocycles. The number of aromatic amines is 1. The maximum atomic E-state index is 12.8. The van der Waals surface area contributed by atoms with E-state index in [1.165, 1.54) is 10.8 Å². The third-order valence-electron chi connectivity index (χ3n) is 4.98. The smallest absolute Gasteiger partial charge is 0.352 e. The fourth-order valence-electron chi connectivity index (χ4n) is 3.38. The first-order valence-electron chi connectivity index (χ1n) is 9.44. The van der Waals surface area contributed by atoms with Crippen molar-refractivity contribution in [2.75, 3.05) is 13.2 Å². The number of ether oxygens (including phenoxy) is 1. The summed E-state index contributed by atoms with van der Waals surface area (Å²) in [4.78, 5) is 28.8. The van der Waals surface area contributed by atoms with Gasteiger partial charge in [-0.15, -0.1) is 0 Å². The minimum Gasteiger partial charge on any atom is -0.352 e. The molecule has 1 N–H and O–H groups in total.